The van der Waals surface area contributed by atoms with Gasteiger partial charge in [0.05, 0.1) is 0 Å². The predicted octanol–water partition coefficient (Wildman–Crippen LogP) is 5.31. The van der Waals surface area contributed by atoms with E-state index in [1.165, 1.54) is 34.8 Å². The molecule has 158 valence electrons. The molecule has 6 rings (SSSR count). The van der Waals surface area contributed by atoms with E-state index in [0.29, 0.717) is 31.9 Å². The molecule has 3 aliphatic heterocycles. The van der Waals surface area contributed by atoms with Crippen LogP contribution in [0.3, 0.4) is 0 Å². The zero-order valence-electron chi connectivity index (χ0n) is 17.6. The van der Waals surface area contributed by atoms with Crippen molar-refractivity contribution in [3.8, 4) is 17.2 Å². The van der Waals surface area contributed by atoms with E-state index in [2.05, 4.69) is 53.4 Å². The molecule has 0 N–H and O–H groups in total. The molecule has 1 saturated heterocycles. The quantitative estimate of drug-likeness (QED) is 0.567. The van der Waals surface area contributed by atoms with E-state index >= 15 is 0 Å². The summed E-state index contributed by atoms with van der Waals surface area (Å²) in [5.74, 6) is 2.31. The van der Waals surface area contributed by atoms with Gasteiger partial charge in [0.1, 0.15) is 19.8 Å². The summed E-state index contributed by atoms with van der Waals surface area (Å²) in [6, 6.07) is 22.5. The molecule has 2 bridgehead atoms. The first-order chi connectivity index (χ1) is 15.3. The lowest BCUT2D eigenvalue weighted by molar-refractivity contribution is 0.148. The second-order valence-electron chi connectivity index (χ2n) is 8.62. The molecule has 0 radical (unpaired) electrons. The second-order valence-corrected chi connectivity index (χ2v) is 8.62. The molecule has 4 nitrogen and oxygen atoms in total. The molecule has 31 heavy (non-hydrogen) atoms. The highest BCUT2D eigenvalue weighted by molar-refractivity contribution is 5.86. The lowest BCUT2D eigenvalue weighted by Crippen LogP contribution is -2.40. The van der Waals surface area contributed by atoms with E-state index in [0.717, 1.165) is 30.2 Å². The molecule has 0 aliphatic carbocycles. The standard InChI is InChI=1S/C27H27NO3/c1-2-5-20-16-21(9-8-19(20)4-1)22-17-23-10-11-24(18-22)28(23)12-13-29-25-6-3-7-26-27(25)31-15-14-30-26/h1-9,16-17,23-24H,10-15,18H2. The number of benzene rings is 3. The third-order valence-electron chi connectivity index (χ3n) is 6.80. The van der Waals surface area contributed by atoms with Gasteiger partial charge in [-0.3, -0.25) is 4.90 Å². The van der Waals surface area contributed by atoms with Gasteiger partial charge in [0.25, 0.3) is 0 Å². The smallest absolute Gasteiger partial charge is 0.203 e. The Morgan fingerprint density at radius 2 is 1.81 bits per heavy atom. The summed E-state index contributed by atoms with van der Waals surface area (Å²) in [7, 11) is 0. The predicted molar refractivity (Wildman–Crippen MR) is 123 cm³/mol. The fourth-order valence-electron chi connectivity index (χ4n) is 5.29. The summed E-state index contributed by atoms with van der Waals surface area (Å²) in [4.78, 5) is 2.62. The first-order valence-electron chi connectivity index (χ1n) is 11.3. The third kappa shape index (κ3) is 3.55. The van der Waals surface area contributed by atoms with Crippen molar-refractivity contribution in [1.82, 2.24) is 4.90 Å². The topological polar surface area (TPSA) is 30.9 Å². The molecule has 3 aliphatic rings. The Labute approximate surface area is 183 Å². The van der Waals surface area contributed by atoms with Crippen molar-refractivity contribution >= 4 is 16.3 Å². The largest absolute Gasteiger partial charge is 0.488 e. The number of hydrogen-bond donors (Lipinski definition) is 0. The van der Waals surface area contributed by atoms with E-state index in [9.17, 15) is 0 Å². The first kappa shape index (κ1) is 18.8. The Morgan fingerprint density at radius 1 is 0.903 bits per heavy atom. The summed E-state index contributed by atoms with van der Waals surface area (Å²) in [5, 5.41) is 2.63. The number of para-hydroxylation sites is 1. The minimum absolute atomic E-state index is 0.507. The van der Waals surface area contributed by atoms with Crippen LogP contribution in [0.2, 0.25) is 0 Å². The molecule has 3 heterocycles. The van der Waals surface area contributed by atoms with Gasteiger partial charge in [-0.1, -0.05) is 48.5 Å². The maximum atomic E-state index is 6.12. The van der Waals surface area contributed by atoms with Crippen LogP contribution in [0.4, 0.5) is 0 Å². The number of rotatable bonds is 5. The Morgan fingerprint density at radius 3 is 2.74 bits per heavy atom. The molecule has 0 spiro atoms. The van der Waals surface area contributed by atoms with E-state index in [1.54, 1.807) is 0 Å². The van der Waals surface area contributed by atoms with Crippen LogP contribution in [-0.2, 0) is 0 Å². The number of nitrogens with zero attached hydrogens (tertiary/aromatic N) is 1. The van der Waals surface area contributed by atoms with Gasteiger partial charge >= 0.3 is 0 Å². The SMILES string of the molecule is C1=C(c2ccc3ccccc3c2)CC2CCC1N2CCOc1cccc2c1OCCO2. The van der Waals surface area contributed by atoms with Crippen molar-refractivity contribution in [3.05, 3.63) is 72.3 Å². The molecule has 1 fully saturated rings. The fourth-order valence-corrected chi connectivity index (χ4v) is 5.29. The lowest BCUT2D eigenvalue weighted by Gasteiger charge is -2.34. The van der Waals surface area contributed by atoms with E-state index < -0.39 is 0 Å². The van der Waals surface area contributed by atoms with Gasteiger partial charge in [-0.2, -0.15) is 0 Å². The Balaban J connectivity index is 1.14. The highest BCUT2D eigenvalue weighted by atomic mass is 16.6. The molecule has 2 atom stereocenters. The second kappa shape index (κ2) is 7.93. The molecule has 2 unspecified atom stereocenters. The summed E-state index contributed by atoms with van der Waals surface area (Å²) in [5.41, 5.74) is 2.87. The molecule has 0 saturated carbocycles. The fraction of sp³-hybridized carbons (Fsp3) is 0.333. The third-order valence-corrected chi connectivity index (χ3v) is 6.80. The average molecular weight is 414 g/mol. The summed E-state index contributed by atoms with van der Waals surface area (Å²) < 4.78 is 17.6. The van der Waals surface area contributed by atoms with Gasteiger partial charge in [0, 0.05) is 18.6 Å². The molecular formula is C27H27NO3. The molecule has 3 aromatic rings. The van der Waals surface area contributed by atoms with E-state index in [4.69, 9.17) is 14.2 Å². The van der Waals surface area contributed by atoms with Crippen molar-refractivity contribution in [2.24, 2.45) is 0 Å². The van der Waals surface area contributed by atoms with Crippen molar-refractivity contribution in [2.75, 3.05) is 26.4 Å². The minimum atomic E-state index is 0.507. The van der Waals surface area contributed by atoms with Gasteiger partial charge < -0.3 is 14.2 Å². The van der Waals surface area contributed by atoms with Crippen molar-refractivity contribution in [2.45, 2.75) is 31.3 Å². The van der Waals surface area contributed by atoms with Crippen molar-refractivity contribution < 1.29 is 14.2 Å². The minimum Gasteiger partial charge on any atom is -0.488 e. The summed E-state index contributed by atoms with van der Waals surface area (Å²) in [6.45, 7) is 2.76. The van der Waals surface area contributed by atoms with Crippen LogP contribution >= 0.6 is 0 Å². The van der Waals surface area contributed by atoms with Crippen LogP contribution in [0.5, 0.6) is 17.2 Å². The van der Waals surface area contributed by atoms with Gasteiger partial charge in [-0.05, 0) is 59.4 Å². The summed E-state index contributed by atoms with van der Waals surface area (Å²) >= 11 is 0. The maximum Gasteiger partial charge on any atom is 0.203 e. The van der Waals surface area contributed by atoms with Gasteiger partial charge in [-0.15, -0.1) is 0 Å². The zero-order valence-corrected chi connectivity index (χ0v) is 17.6. The van der Waals surface area contributed by atoms with Crippen LogP contribution in [0, 0.1) is 0 Å². The van der Waals surface area contributed by atoms with Crippen LogP contribution in [0.15, 0.2) is 66.7 Å². The van der Waals surface area contributed by atoms with Crippen LogP contribution in [0.25, 0.3) is 16.3 Å². The van der Waals surface area contributed by atoms with Crippen LogP contribution in [0.1, 0.15) is 24.8 Å². The van der Waals surface area contributed by atoms with Crippen LogP contribution in [-0.4, -0.2) is 43.3 Å². The van der Waals surface area contributed by atoms with Crippen molar-refractivity contribution in [1.29, 1.82) is 0 Å². The maximum absolute atomic E-state index is 6.12. The molecule has 3 aromatic carbocycles. The van der Waals surface area contributed by atoms with Crippen molar-refractivity contribution in [3.63, 3.8) is 0 Å². The molecular weight excluding hydrogens is 386 g/mol. The average Bonchev–Trinajstić information content (AvgIpc) is 3.05. The molecule has 0 aromatic heterocycles. The molecule has 4 heteroatoms. The number of hydrogen-bond acceptors (Lipinski definition) is 4. The normalized spacial score (nSPS) is 22.4. The monoisotopic (exact) mass is 413 g/mol. The van der Waals surface area contributed by atoms with Gasteiger partial charge in [0.2, 0.25) is 5.75 Å². The Kier molecular flexibility index (Phi) is 4.80. The first-order valence-corrected chi connectivity index (χ1v) is 11.3. The number of fused-ring (bicyclic) bond motifs is 4. The Bertz CT molecular complexity index is 1140. The Hall–Kier alpha value is -2.98. The van der Waals surface area contributed by atoms with Crippen LogP contribution < -0.4 is 14.2 Å². The number of ether oxygens (including phenoxy) is 3. The van der Waals surface area contributed by atoms with E-state index in [-0.39, 0.29) is 0 Å². The molecule has 0 amide bonds. The van der Waals surface area contributed by atoms with Gasteiger partial charge in [-0.25, -0.2) is 0 Å². The highest BCUT2D eigenvalue weighted by Gasteiger charge is 2.36. The van der Waals surface area contributed by atoms with Gasteiger partial charge in [0.15, 0.2) is 11.5 Å². The highest BCUT2D eigenvalue weighted by Crippen LogP contribution is 2.40. The summed E-state index contributed by atoms with van der Waals surface area (Å²) in [6.07, 6.45) is 6.11. The van der Waals surface area contributed by atoms with E-state index in [1.807, 2.05) is 18.2 Å². The lowest BCUT2D eigenvalue weighted by atomic mass is 9.93. The zero-order chi connectivity index (χ0) is 20.6.